The second-order valence-electron chi connectivity index (χ2n) is 11.0. The molecular formula is C23H12F30. The van der Waals surface area contributed by atoms with Crippen molar-refractivity contribution in [1.29, 1.82) is 0 Å². The first-order valence-corrected chi connectivity index (χ1v) is 12.7. The molecule has 1 aliphatic carbocycles. The summed E-state index contributed by atoms with van der Waals surface area (Å²) in [6.45, 7) is 0. The third kappa shape index (κ3) is 6.94. The summed E-state index contributed by atoms with van der Waals surface area (Å²) in [6.07, 6.45) is -24.9. The van der Waals surface area contributed by atoms with Crippen LogP contribution in [0.2, 0.25) is 0 Å². The Balaban J connectivity index is 3.27. The molecule has 0 heterocycles. The molecule has 314 valence electrons. The summed E-state index contributed by atoms with van der Waals surface area (Å²) in [5.41, 5.74) is -1.07. The summed E-state index contributed by atoms with van der Waals surface area (Å²) in [5, 5.41) is 0. The SMILES string of the molecule is FC(F)(F)C(F)(F)C(F)(F)C(F)(F)C(F)(F)C(F)(F)CCC1=CC(CCC(F)(F)C(F)(F)C(F)(F)C(F)(F)C(F)(F)C(F)(F)C(F)(F)C(F)(F)F)C=C1. The van der Waals surface area contributed by atoms with E-state index in [1.54, 1.807) is 0 Å². The van der Waals surface area contributed by atoms with Crippen molar-refractivity contribution in [3.05, 3.63) is 23.8 Å². The Hall–Kier alpha value is -2.62. The van der Waals surface area contributed by atoms with Gasteiger partial charge in [-0.1, -0.05) is 23.8 Å². The van der Waals surface area contributed by atoms with Gasteiger partial charge in [0.2, 0.25) is 0 Å². The van der Waals surface area contributed by atoms with Crippen LogP contribution in [-0.2, 0) is 0 Å². The summed E-state index contributed by atoms with van der Waals surface area (Å²) >= 11 is 0. The molecule has 0 fully saturated rings. The minimum Gasteiger partial charge on any atom is -0.200 e. The third-order valence-electron chi connectivity index (χ3n) is 7.29. The molecule has 53 heavy (non-hydrogen) atoms. The molecule has 0 bridgehead atoms. The maximum Gasteiger partial charge on any atom is 0.460 e. The summed E-state index contributed by atoms with van der Waals surface area (Å²) < 4.78 is 398. The molecule has 0 aromatic carbocycles. The van der Waals surface area contributed by atoms with E-state index in [0.29, 0.717) is 0 Å². The molecule has 0 nitrogen and oxygen atoms in total. The van der Waals surface area contributed by atoms with Gasteiger partial charge in [-0.2, -0.15) is 132 Å². The van der Waals surface area contributed by atoms with Crippen LogP contribution in [0.4, 0.5) is 132 Å². The maximum absolute atomic E-state index is 14.1. The van der Waals surface area contributed by atoms with Crippen molar-refractivity contribution >= 4 is 0 Å². The Morgan fingerprint density at radius 2 is 0.604 bits per heavy atom. The first-order valence-electron chi connectivity index (χ1n) is 12.7. The molecule has 1 rings (SSSR count). The van der Waals surface area contributed by atoms with Crippen molar-refractivity contribution in [2.45, 2.75) is 109 Å². The fourth-order valence-electron chi connectivity index (χ4n) is 3.94. The molecule has 0 spiro atoms. The highest BCUT2D eigenvalue weighted by molar-refractivity contribution is 5.29. The van der Waals surface area contributed by atoms with E-state index in [1.807, 2.05) is 0 Å². The van der Waals surface area contributed by atoms with Gasteiger partial charge in [-0.3, -0.25) is 0 Å². The van der Waals surface area contributed by atoms with E-state index in [0.717, 1.165) is 0 Å². The van der Waals surface area contributed by atoms with Gasteiger partial charge >= 0.3 is 83.4 Å². The van der Waals surface area contributed by atoms with Gasteiger partial charge in [0.1, 0.15) is 0 Å². The monoisotopic (exact) mass is 858 g/mol. The van der Waals surface area contributed by atoms with E-state index >= 15 is 0 Å². The Labute approximate surface area is 271 Å². The van der Waals surface area contributed by atoms with Crippen molar-refractivity contribution in [3.63, 3.8) is 0 Å². The fourth-order valence-corrected chi connectivity index (χ4v) is 3.94. The minimum absolute atomic E-state index is 0.119. The van der Waals surface area contributed by atoms with Gasteiger partial charge in [-0.15, -0.1) is 0 Å². The molecule has 0 aromatic heterocycles. The lowest BCUT2D eigenvalue weighted by Gasteiger charge is -2.42. The second-order valence-corrected chi connectivity index (χ2v) is 11.0. The molecule has 1 atom stereocenters. The fraction of sp³-hybridized carbons (Fsp3) is 0.826. The molecule has 0 amide bonds. The summed E-state index contributed by atoms with van der Waals surface area (Å²) in [6, 6.07) is 0. The van der Waals surface area contributed by atoms with Crippen LogP contribution < -0.4 is 0 Å². The predicted molar refractivity (Wildman–Crippen MR) is 111 cm³/mol. The summed E-state index contributed by atoms with van der Waals surface area (Å²) in [7, 11) is 0. The van der Waals surface area contributed by atoms with E-state index in [2.05, 4.69) is 0 Å². The number of rotatable bonds is 16. The second kappa shape index (κ2) is 13.0. The van der Waals surface area contributed by atoms with Crippen molar-refractivity contribution in [2.75, 3.05) is 0 Å². The largest absolute Gasteiger partial charge is 0.460 e. The number of allylic oxidation sites excluding steroid dienone is 4. The van der Waals surface area contributed by atoms with Crippen LogP contribution in [0.1, 0.15) is 25.7 Å². The van der Waals surface area contributed by atoms with Crippen molar-refractivity contribution in [3.8, 4) is 0 Å². The zero-order chi connectivity index (χ0) is 43.1. The quantitative estimate of drug-likeness (QED) is 0.136. The number of hydrogen-bond donors (Lipinski definition) is 0. The molecule has 0 saturated carbocycles. The molecule has 0 aromatic rings. The number of halogens is 30. The molecule has 1 unspecified atom stereocenters. The van der Waals surface area contributed by atoms with Crippen LogP contribution in [0.5, 0.6) is 0 Å². The Morgan fingerprint density at radius 1 is 0.340 bits per heavy atom. The molecular weight excluding hydrogens is 846 g/mol. The normalized spacial score (nSPS) is 18.9. The van der Waals surface area contributed by atoms with Gasteiger partial charge < -0.3 is 0 Å². The summed E-state index contributed by atoms with van der Waals surface area (Å²) in [5.74, 6) is -99.7. The van der Waals surface area contributed by atoms with Crippen LogP contribution >= 0.6 is 0 Å². The van der Waals surface area contributed by atoms with Gasteiger partial charge in [-0.25, -0.2) is 0 Å². The first-order chi connectivity index (χ1) is 22.7. The maximum atomic E-state index is 14.1. The molecule has 30 heteroatoms. The molecule has 0 radical (unpaired) electrons. The van der Waals surface area contributed by atoms with Crippen molar-refractivity contribution in [1.82, 2.24) is 0 Å². The van der Waals surface area contributed by atoms with E-state index in [4.69, 9.17) is 0 Å². The highest BCUT2D eigenvalue weighted by Gasteiger charge is 2.95. The van der Waals surface area contributed by atoms with Crippen molar-refractivity contribution in [2.24, 2.45) is 5.92 Å². The van der Waals surface area contributed by atoms with E-state index in [9.17, 15) is 132 Å². The zero-order valence-corrected chi connectivity index (χ0v) is 24.0. The molecule has 1 aliphatic rings. The number of alkyl halides is 30. The van der Waals surface area contributed by atoms with E-state index in [-0.39, 0.29) is 18.2 Å². The Bertz CT molecular complexity index is 1370. The minimum atomic E-state index is -8.91. The smallest absolute Gasteiger partial charge is 0.200 e. The average molecular weight is 858 g/mol. The van der Waals surface area contributed by atoms with E-state index < -0.39 is 121 Å². The topological polar surface area (TPSA) is 0 Å². The Morgan fingerprint density at radius 3 is 0.906 bits per heavy atom. The first kappa shape index (κ1) is 48.4. The standard InChI is InChI=1S/C23H12F30/c24-10(25,12(28,29)14(32,33)16(36,37)17(38,39)19(42,43)21(46,47)23(51,52)53)5-3-8-1-2-9(7-8)4-6-11(26,27)13(30,31)15(34,35)18(40,41)20(44,45)22(48,49)50/h1-2,7-8H,3-6H2. The van der Waals surface area contributed by atoms with Crippen LogP contribution in [0.3, 0.4) is 0 Å². The van der Waals surface area contributed by atoms with Crippen LogP contribution in [0.25, 0.3) is 0 Å². The van der Waals surface area contributed by atoms with Crippen molar-refractivity contribution < 1.29 is 132 Å². The highest BCUT2D eigenvalue weighted by Crippen LogP contribution is 2.65. The van der Waals surface area contributed by atoms with Gasteiger partial charge in [0.05, 0.1) is 0 Å². The molecule has 0 saturated heterocycles. The molecule has 0 aliphatic heterocycles. The average Bonchev–Trinajstić information content (AvgIpc) is 3.40. The Kier molecular flexibility index (Phi) is 11.8. The van der Waals surface area contributed by atoms with Gasteiger partial charge in [-0.05, 0) is 18.8 Å². The van der Waals surface area contributed by atoms with Gasteiger partial charge in [0.15, 0.2) is 0 Å². The predicted octanol–water partition coefficient (Wildman–Crippen LogP) is 12.4. The van der Waals surface area contributed by atoms with Crippen LogP contribution in [-0.4, -0.2) is 83.4 Å². The lowest BCUT2D eigenvalue weighted by atomic mass is 9.87. The lowest BCUT2D eigenvalue weighted by Crippen LogP contribution is -2.74. The lowest BCUT2D eigenvalue weighted by molar-refractivity contribution is -0.461. The zero-order valence-electron chi connectivity index (χ0n) is 24.0. The summed E-state index contributed by atoms with van der Waals surface area (Å²) in [4.78, 5) is 0. The van der Waals surface area contributed by atoms with Crippen LogP contribution in [0, 0.1) is 5.92 Å². The molecule has 0 N–H and O–H groups in total. The van der Waals surface area contributed by atoms with Crippen LogP contribution in [0.15, 0.2) is 23.8 Å². The highest BCUT2D eigenvalue weighted by atomic mass is 19.4. The third-order valence-corrected chi connectivity index (χ3v) is 7.29. The van der Waals surface area contributed by atoms with Gasteiger partial charge in [0.25, 0.3) is 0 Å². The van der Waals surface area contributed by atoms with Gasteiger partial charge in [0, 0.05) is 12.8 Å². The van der Waals surface area contributed by atoms with E-state index in [1.165, 1.54) is 0 Å². The number of hydrogen-bond acceptors (Lipinski definition) is 0.